The molecular formula is C15H18FNO4. The fourth-order valence-electron chi connectivity index (χ4n) is 1.64. The van der Waals surface area contributed by atoms with Crippen molar-refractivity contribution in [3.8, 4) is 0 Å². The quantitative estimate of drug-likeness (QED) is 0.437. The van der Waals surface area contributed by atoms with Crippen molar-refractivity contribution in [2.75, 3.05) is 20.2 Å². The molecule has 0 atom stereocenters. The van der Waals surface area contributed by atoms with Crippen LogP contribution in [-0.2, 0) is 14.3 Å². The molecule has 21 heavy (non-hydrogen) atoms. The maximum atomic E-state index is 12.7. The molecule has 0 aromatic heterocycles. The molecule has 0 unspecified atom stereocenters. The zero-order valence-corrected chi connectivity index (χ0v) is 12.1. The van der Waals surface area contributed by atoms with Gasteiger partial charge in [-0.15, -0.1) is 0 Å². The van der Waals surface area contributed by atoms with Crippen molar-refractivity contribution in [1.29, 1.82) is 0 Å². The monoisotopic (exact) mass is 295 g/mol. The first-order valence-corrected chi connectivity index (χ1v) is 6.62. The number of rotatable bonds is 7. The Kier molecular flexibility index (Phi) is 6.52. The Morgan fingerprint density at radius 2 is 1.81 bits per heavy atom. The normalized spacial score (nSPS) is 10.0. The lowest BCUT2D eigenvalue weighted by molar-refractivity contribution is -0.148. The molecule has 0 spiro atoms. The zero-order valence-electron chi connectivity index (χ0n) is 12.1. The SMILES string of the molecule is CCOC(=O)CC(=O)N(C)CCC(=O)c1ccc(F)cc1. The van der Waals surface area contributed by atoms with Gasteiger partial charge >= 0.3 is 5.97 Å². The summed E-state index contributed by atoms with van der Waals surface area (Å²) < 4.78 is 17.4. The predicted molar refractivity (Wildman–Crippen MR) is 74.2 cm³/mol. The lowest BCUT2D eigenvalue weighted by Crippen LogP contribution is -2.31. The minimum absolute atomic E-state index is 0.108. The summed E-state index contributed by atoms with van der Waals surface area (Å²) in [4.78, 5) is 36.0. The van der Waals surface area contributed by atoms with Gasteiger partial charge in [-0.2, -0.15) is 0 Å². The predicted octanol–water partition coefficient (Wildman–Crippen LogP) is 1.81. The number of ether oxygens (including phenoxy) is 1. The van der Waals surface area contributed by atoms with E-state index in [1.165, 1.54) is 36.2 Å². The van der Waals surface area contributed by atoms with Crippen LogP contribution in [0, 0.1) is 5.82 Å². The van der Waals surface area contributed by atoms with Crippen molar-refractivity contribution in [3.05, 3.63) is 35.6 Å². The molecule has 0 saturated heterocycles. The third-order valence-corrected chi connectivity index (χ3v) is 2.87. The molecule has 0 aliphatic heterocycles. The highest BCUT2D eigenvalue weighted by Crippen LogP contribution is 2.06. The molecule has 0 heterocycles. The second-order valence-electron chi connectivity index (χ2n) is 4.48. The van der Waals surface area contributed by atoms with Crippen LogP contribution < -0.4 is 0 Å². The van der Waals surface area contributed by atoms with Gasteiger partial charge in [-0.25, -0.2) is 4.39 Å². The number of carbonyl (C=O) groups is 3. The van der Waals surface area contributed by atoms with Gasteiger partial charge in [0, 0.05) is 25.6 Å². The number of carbonyl (C=O) groups excluding carboxylic acids is 3. The number of amides is 1. The summed E-state index contributed by atoms with van der Waals surface area (Å²) in [5, 5.41) is 0. The Labute approximate surface area is 122 Å². The Hall–Kier alpha value is -2.24. The summed E-state index contributed by atoms with van der Waals surface area (Å²) >= 11 is 0. The van der Waals surface area contributed by atoms with Gasteiger partial charge in [0.15, 0.2) is 5.78 Å². The molecule has 0 aliphatic carbocycles. The van der Waals surface area contributed by atoms with Crippen molar-refractivity contribution >= 4 is 17.7 Å². The van der Waals surface area contributed by atoms with Crippen LogP contribution in [-0.4, -0.2) is 42.8 Å². The Balaban J connectivity index is 2.43. The largest absolute Gasteiger partial charge is 0.466 e. The van der Waals surface area contributed by atoms with Gasteiger partial charge in [-0.05, 0) is 31.2 Å². The molecule has 1 aromatic carbocycles. The van der Waals surface area contributed by atoms with Crippen LogP contribution in [0.2, 0.25) is 0 Å². The van der Waals surface area contributed by atoms with E-state index in [4.69, 9.17) is 0 Å². The van der Waals surface area contributed by atoms with Gasteiger partial charge in [-0.1, -0.05) is 0 Å². The second-order valence-corrected chi connectivity index (χ2v) is 4.48. The maximum Gasteiger partial charge on any atom is 0.315 e. The molecule has 0 radical (unpaired) electrons. The number of nitrogens with zero attached hydrogens (tertiary/aromatic N) is 1. The van der Waals surface area contributed by atoms with E-state index in [0.717, 1.165) is 0 Å². The van der Waals surface area contributed by atoms with E-state index in [1.807, 2.05) is 0 Å². The molecular weight excluding hydrogens is 277 g/mol. The van der Waals surface area contributed by atoms with Gasteiger partial charge in [0.05, 0.1) is 6.61 Å². The molecule has 1 aromatic rings. The van der Waals surface area contributed by atoms with E-state index >= 15 is 0 Å². The van der Waals surface area contributed by atoms with Gasteiger partial charge < -0.3 is 9.64 Å². The Morgan fingerprint density at radius 1 is 1.19 bits per heavy atom. The first-order valence-electron chi connectivity index (χ1n) is 6.62. The van der Waals surface area contributed by atoms with E-state index in [-0.39, 0.29) is 31.8 Å². The van der Waals surface area contributed by atoms with E-state index in [9.17, 15) is 18.8 Å². The van der Waals surface area contributed by atoms with Crippen molar-refractivity contribution in [2.45, 2.75) is 19.8 Å². The van der Waals surface area contributed by atoms with Gasteiger partial charge in [0.2, 0.25) is 5.91 Å². The highest BCUT2D eigenvalue weighted by molar-refractivity contribution is 5.97. The molecule has 0 aliphatic rings. The molecule has 1 rings (SSSR count). The highest BCUT2D eigenvalue weighted by atomic mass is 19.1. The van der Waals surface area contributed by atoms with Gasteiger partial charge in [-0.3, -0.25) is 14.4 Å². The van der Waals surface area contributed by atoms with Crippen LogP contribution in [0.25, 0.3) is 0 Å². The Bertz CT molecular complexity index is 513. The topological polar surface area (TPSA) is 63.7 Å². The highest BCUT2D eigenvalue weighted by Gasteiger charge is 2.16. The van der Waals surface area contributed by atoms with Crippen molar-refractivity contribution in [1.82, 2.24) is 4.90 Å². The average Bonchev–Trinajstić information content (AvgIpc) is 2.45. The number of esters is 1. The second kappa shape index (κ2) is 8.14. The summed E-state index contributed by atoms with van der Waals surface area (Å²) in [6.07, 6.45) is -0.230. The molecule has 114 valence electrons. The number of benzene rings is 1. The minimum atomic E-state index is -0.584. The van der Waals surface area contributed by atoms with Crippen LogP contribution in [0.1, 0.15) is 30.1 Å². The lowest BCUT2D eigenvalue weighted by atomic mass is 10.1. The number of hydrogen-bond donors (Lipinski definition) is 0. The molecule has 5 nitrogen and oxygen atoms in total. The van der Waals surface area contributed by atoms with Crippen molar-refractivity contribution in [3.63, 3.8) is 0 Å². The summed E-state index contributed by atoms with van der Waals surface area (Å²) in [5.41, 5.74) is 0.391. The summed E-state index contributed by atoms with van der Waals surface area (Å²) in [6.45, 7) is 2.07. The fraction of sp³-hybridized carbons (Fsp3) is 0.400. The summed E-state index contributed by atoms with van der Waals surface area (Å²) in [7, 11) is 1.51. The summed E-state index contributed by atoms with van der Waals surface area (Å²) in [6, 6.07) is 5.22. The first-order chi connectivity index (χ1) is 9.93. The van der Waals surface area contributed by atoms with E-state index in [0.29, 0.717) is 5.56 Å². The fourth-order valence-corrected chi connectivity index (χ4v) is 1.64. The number of Topliss-reactive ketones (excluding diaryl/α,β-unsaturated/α-hetero) is 1. The molecule has 0 N–H and O–H groups in total. The van der Waals surface area contributed by atoms with E-state index in [1.54, 1.807) is 6.92 Å². The van der Waals surface area contributed by atoms with Crippen LogP contribution in [0.15, 0.2) is 24.3 Å². The first kappa shape index (κ1) is 16.8. The third-order valence-electron chi connectivity index (χ3n) is 2.87. The average molecular weight is 295 g/mol. The number of ketones is 1. The minimum Gasteiger partial charge on any atom is -0.466 e. The molecule has 0 bridgehead atoms. The number of halogens is 1. The molecule has 6 heteroatoms. The smallest absolute Gasteiger partial charge is 0.315 e. The molecule has 0 fully saturated rings. The summed E-state index contributed by atoms with van der Waals surface area (Å²) in [5.74, 6) is -1.58. The maximum absolute atomic E-state index is 12.7. The van der Waals surface area contributed by atoms with Crippen LogP contribution in [0.5, 0.6) is 0 Å². The Morgan fingerprint density at radius 3 is 2.38 bits per heavy atom. The van der Waals surface area contributed by atoms with E-state index < -0.39 is 17.7 Å². The van der Waals surface area contributed by atoms with Crippen molar-refractivity contribution < 1.29 is 23.5 Å². The van der Waals surface area contributed by atoms with E-state index in [2.05, 4.69) is 4.74 Å². The van der Waals surface area contributed by atoms with Crippen LogP contribution >= 0.6 is 0 Å². The lowest BCUT2D eigenvalue weighted by Gasteiger charge is -2.16. The zero-order chi connectivity index (χ0) is 15.8. The van der Waals surface area contributed by atoms with Gasteiger partial charge in [0.1, 0.15) is 12.2 Å². The number of hydrogen-bond acceptors (Lipinski definition) is 4. The van der Waals surface area contributed by atoms with Gasteiger partial charge in [0.25, 0.3) is 0 Å². The van der Waals surface area contributed by atoms with Crippen LogP contribution in [0.4, 0.5) is 4.39 Å². The molecule has 1 amide bonds. The molecule has 0 saturated carbocycles. The standard InChI is InChI=1S/C15H18FNO4/c1-3-21-15(20)10-14(19)17(2)9-8-13(18)11-4-6-12(16)7-5-11/h4-7H,3,8-10H2,1-2H3. The van der Waals surface area contributed by atoms with Crippen molar-refractivity contribution in [2.24, 2.45) is 0 Å². The third kappa shape index (κ3) is 5.72. The van der Waals surface area contributed by atoms with Crippen LogP contribution in [0.3, 0.4) is 0 Å².